The first-order valence-electron chi connectivity index (χ1n) is 5.80. The molecule has 19 heavy (non-hydrogen) atoms. The number of aromatic nitrogens is 2. The molecule has 0 aliphatic rings. The average Bonchev–Trinajstić information content (AvgIpc) is 2.38. The van der Waals surface area contributed by atoms with E-state index in [1.54, 1.807) is 0 Å². The molecule has 2 rings (SSSR count). The normalized spacial score (nSPS) is 10.7. The van der Waals surface area contributed by atoms with Crippen LogP contribution in [0.2, 0.25) is 5.02 Å². The third-order valence-electron chi connectivity index (χ3n) is 2.60. The monoisotopic (exact) mass is 403 g/mol. The lowest BCUT2D eigenvalue weighted by Gasteiger charge is -2.09. The topological polar surface area (TPSA) is 51.8 Å². The SMILES string of the molecule is CCCc1nc(-c2cc(Br)ccc2Cl)nc(N)c1Br. The first kappa shape index (κ1) is 14.8. The number of rotatable bonds is 3. The number of aryl methyl sites for hydroxylation is 1. The second-order valence-corrected chi connectivity index (χ2v) is 6.18. The molecular formula is C13H12Br2ClN3. The maximum absolute atomic E-state index is 6.20. The standard InChI is InChI=1S/C13H12Br2ClN3/c1-2-3-10-11(15)12(17)19-13(18-10)8-6-7(14)4-5-9(8)16/h4-6H,2-3H2,1H3,(H2,17,18,19). The molecule has 0 saturated heterocycles. The van der Waals surface area contributed by atoms with Crippen LogP contribution in [0.5, 0.6) is 0 Å². The summed E-state index contributed by atoms with van der Waals surface area (Å²) in [5.41, 5.74) is 7.60. The molecule has 0 saturated carbocycles. The minimum Gasteiger partial charge on any atom is -0.383 e. The Bertz CT molecular complexity index is 617. The fraction of sp³-hybridized carbons (Fsp3) is 0.231. The van der Waals surface area contributed by atoms with Crippen LogP contribution in [0.3, 0.4) is 0 Å². The molecule has 1 aromatic carbocycles. The van der Waals surface area contributed by atoms with Crippen molar-refractivity contribution in [3.05, 3.63) is 37.9 Å². The van der Waals surface area contributed by atoms with E-state index in [1.807, 2.05) is 18.2 Å². The summed E-state index contributed by atoms with van der Waals surface area (Å²) in [5, 5.41) is 0.604. The van der Waals surface area contributed by atoms with Crippen molar-refractivity contribution in [3.8, 4) is 11.4 Å². The van der Waals surface area contributed by atoms with Crippen LogP contribution in [0.25, 0.3) is 11.4 Å². The fourth-order valence-corrected chi connectivity index (χ4v) is 2.64. The van der Waals surface area contributed by atoms with E-state index >= 15 is 0 Å². The van der Waals surface area contributed by atoms with Crippen LogP contribution in [-0.2, 0) is 6.42 Å². The summed E-state index contributed by atoms with van der Waals surface area (Å²) < 4.78 is 1.69. The molecule has 3 nitrogen and oxygen atoms in total. The highest BCUT2D eigenvalue weighted by molar-refractivity contribution is 9.11. The van der Waals surface area contributed by atoms with E-state index in [0.717, 1.165) is 33.0 Å². The second-order valence-electron chi connectivity index (χ2n) is 4.07. The molecule has 0 fully saturated rings. The molecule has 100 valence electrons. The molecule has 1 aromatic heterocycles. The van der Waals surface area contributed by atoms with Crippen LogP contribution in [0, 0.1) is 0 Å². The van der Waals surface area contributed by atoms with Crippen molar-refractivity contribution in [2.75, 3.05) is 5.73 Å². The number of anilines is 1. The molecular weight excluding hydrogens is 393 g/mol. The highest BCUT2D eigenvalue weighted by Gasteiger charge is 2.13. The smallest absolute Gasteiger partial charge is 0.163 e. The fourth-order valence-electron chi connectivity index (χ4n) is 1.70. The molecule has 0 aliphatic heterocycles. The Balaban J connectivity index is 2.59. The first-order valence-corrected chi connectivity index (χ1v) is 7.76. The van der Waals surface area contributed by atoms with Crippen molar-refractivity contribution in [2.45, 2.75) is 19.8 Å². The Morgan fingerprint density at radius 3 is 2.68 bits per heavy atom. The predicted molar refractivity (Wildman–Crippen MR) is 86.3 cm³/mol. The molecule has 0 spiro atoms. The van der Waals surface area contributed by atoms with Crippen LogP contribution in [-0.4, -0.2) is 9.97 Å². The van der Waals surface area contributed by atoms with Crippen molar-refractivity contribution >= 4 is 49.3 Å². The van der Waals surface area contributed by atoms with E-state index in [-0.39, 0.29) is 0 Å². The van der Waals surface area contributed by atoms with E-state index in [9.17, 15) is 0 Å². The van der Waals surface area contributed by atoms with Gasteiger partial charge in [-0.25, -0.2) is 9.97 Å². The molecule has 0 unspecified atom stereocenters. The van der Waals surface area contributed by atoms with Gasteiger partial charge in [0.15, 0.2) is 5.82 Å². The zero-order valence-corrected chi connectivity index (χ0v) is 14.2. The van der Waals surface area contributed by atoms with Gasteiger partial charge in [-0.3, -0.25) is 0 Å². The summed E-state index contributed by atoms with van der Waals surface area (Å²) >= 11 is 13.0. The number of hydrogen-bond acceptors (Lipinski definition) is 3. The van der Waals surface area contributed by atoms with E-state index in [2.05, 4.69) is 48.8 Å². The number of benzene rings is 1. The van der Waals surface area contributed by atoms with Gasteiger partial charge < -0.3 is 5.73 Å². The lowest BCUT2D eigenvalue weighted by Crippen LogP contribution is -2.03. The van der Waals surface area contributed by atoms with Crippen LogP contribution in [0.15, 0.2) is 27.1 Å². The average molecular weight is 406 g/mol. The van der Waals surface area contributed by atoms with Gasteiger partial charge >= 0.3 is 0 Å². The van der Waals surface area contributed by atoms with Gasteiger partial charge in [-0.15, -0.1) is 0 Å². The van der Waals surface area contributed by atoms with Crippen LogP contribution >= 0.6 is 43.5 Å². The van der Waals surface area contributed by atoms with Crippen molar-refractivity contribution in [1.29, 1.82) is 0 Å². The summed E-state index contributed by atoms with van der Waals surface area (Å²) in [4.78, 5) is 8.85. The molecule has 0 radical (unpaired) electrons. The summed E-state index contributed by atoms with van der Waals surface area (Å²) in [5.74, 6) is 0.986. The van der Waals surface area contributed by atoms with Crippen LogP contribution in [0.4, 0.5) is 5.82 Å². The van der Waals surface area contributed by atoms with E-state index in [1.165, 1.54) is 0 Å². The van der Waals surface area contributed by atoms with Gasteiger partial charge in [0.2, 0.25) is 0 Å². The van der Waals surface area contributed by atoms with Gasteiger partial charge in [0, 0.05) is 10.0 Å². The highest BCUT2D eigenvalue weighted by atomic mass is 79.9. The van der Waals surface area contributed by atoms with Gasteiger partial charge in [-0.05, 0) is 40.5 Å². The Hall–Kier alpha value is -0.650. The quantitative estimate of drug-likeness (QED) is 0.794. The largest absolute Gasteiger partial charge is 0.383 e. The first-order chi connectivity index (χ1) is 9.02. The lowest BCUT2D eigenvalue weighted by atomic mass is 10.2. The van der Waals surface area contributed by atoms with E-state index in [4.69, 9.17) is 17.3 Å². The van der Waals surface area contributed by atoms with E-state index in [0.29, 0.717) is 16.7 Å². The maximum Gasteiger partial charge on any atom is 0.163 e. The summed E-state index contributed by atoms with van der Waals surface area (Å²) in [6.07, 6.45) is 1.83. The minimum atomic E-state index is 0.435. The van der Waals surface area contributed by atoms with Gasteiger partial charge in [0.25, 0.3) is 0 Å². The minimum absolute atomic E-state index is 0.435. The van der Waals surface area contributed by atoms with Crippen molar-refractivity contribution in [1.82, 2.24) is 9.97 Å². The van der Waals surface area contributed by atoms with Crippen LogP contribution < -0.4 is 5.73 Å². The van der Waals surface area contributed by atoms with Gasteiger partial charge in [0.05, 0.1) is 15.2 Å². The van der Waals surface area contributed by atoms with E-state index < -0.39 is 0 Å². The predicted octanol–water partition coefficient (Wildman–Crippen LogP) is 4.86. The number of hydrogen-bond donors (Lipinski definition) is 1. The Morgan fingerprint density at radius 1 is 1.26 bits per heavy atom. The summed E-state index contributed by atoms with van der Waals surface area (Å²) in [6.45, 7) is 2.09. The van der Waals surface area contributed by atoms with Gasteiger partial charge in [-0.1, -0.05) is 40.9 Å². The van der Waals surface area contributed by atoms with Crippen molar-refractivity contribution in [2.24, 2.45) is 0 Å². The van der Waals surface area contributed by atoms with Gasteiger partial charge in [-0.2, -0.15) is 0 Å². The second kappa shape index (κ2) is 6.20. The molecule has 6 heteroatoms. The van der Waals surface area contributed by atoms with Gasteiger partial charge in [0.1, 0.15) is 5.82 Å². The zero-order chi connectivity index (χ0) is 14.0. The molecule has 0 aliphatic carbocycles. The molecule has 2 aromatic rings. The third kappa shape index (κ3) is 3.27. The Morgan fingerprint density at radius 2 is 2.00 bits per heavy atom. The van der Waals surface area contributed by atoms with Crippen molar-refractivity contribution < 1.29 is 0 Å². The number of nitrogens with two attached hydrogens (primary N) is 1. The van der Waals surface area contributed by atoms with Crippen molar-refractivity contribution in [3.63, 3.8) is 0 Å². The molecule has 2 N–H and O–H groups in total. The summed E-state index contributed by atoms with van der Waals surface area (Å²) in [6, 6.07) is 5.57. The van der Waals surface area contributed by atoms with Crippen LogP contribution in [0.1, 0.15) is 19.0 Å². The molecule has 0 bridgehead atoms. The highest BCUT2D eigenvalue weighted by Crippen LogP contribution is 2.31. The Labute approximate surface area is 133 Å². The zero-order valence-electron chi connectivity index (χ0n) is 10.3. The lowest BCUT2D eigenvalue weighted by molar-refractivity contribution is 0.870. The number of nitrogens with zero attached hydrogens (tertiary/aromatic N) is 2. The maximum atomic E-state index is 6.20. The molecule has 0 atom stereocenters. The third-order valence-corrected chi connectivity index (χ3v) is 4.29. The molecule has 1 heterocycles. The number of halogens is 3. The Kier molecular flexibility index (Phi) is 4.81. The number of nitrogen functional groups attached to an aromatic ring is 1. The summed E-state index contributed by atoms with van der Waals surface area (Å²) in [7, 11) is 0. The molecule has 0 amide bonds.